The van der Waals surface area contributed by atoms with Crippen molar-refractivity contribution in [2.75, 3.05) is 32.9 Å². The van der Waals surface area contributed by atoms with E-state index in [1.807, 2.05) is 0 Å². The summed E-state index contributed by atoms with van der Waals surface area (Å²) in [4.78, 5) is 24.4. The third-order valence-electron chi connectivity index (χ3n) is 2.77. The first-order valence-corrected chi connectivity index (χ1v) is 5.46. The Bertz CT molecular complexity index is 289. The highest BCUT2D eigenvalue weighted by atomic mass is 16.6. The van der Waals surface area contributed by atoms with Crippen molar-refractivity contribution in [3.8, 4) is 0 Å². The van der Waals surface area contributed by atoms with E-state index in [0.717, 1.165) is 0 Å². The standard InChI is InChI=1S/C10H16N2O4/c1-7-4-12(10(14)11-9(7)13)5-8-6-15-2-3-16-8/h7-8H,2-6H2,1H3,(H,11,13,14). The lowest BCUT2D eigenvalue weighted by Crippen LogP contribution is -2.56. The molecule has 3 amide bonds. The summed E-state index contributed by atoms with van der Waals surface area (Å²) in [6.07, 6.45) is -0.0834. The van der Waals surface area contributed by atoms with Crippen LogP contribution in [0, 0.1) is 5.92 Å². The molecule has 1 N–H and O–H groups in total. The summed E-state index contributed by atoms with van der Waals surface area (Å²) >= 11 is 0. The number of nitrogens with zero attached hydrogens (tertiary/aromatic N) is 1. The first kappa shape index (κ1) is 11.3. The largest absolute Gasteiger partial charge is 0.376 e. The summed E-state index contributed by atoms with van der Waals surface area (Å²) < 4.78 is 10.7. The smallest absolute Gasteiger partial charge is 0.324 e. The van der Waals surface area contributed by atoms with Crippen LogP contribution in [0.3, 0.4) is 0 Å². The van der Waals surface area contributed by atoms with Crippen LogP contribution in [0.5, 0.6) is 0 Å². The number of hydrogen-bond donors (Lipinski definition) is 1. The lowest BCUT2D eigenvalue weighted by molar-refractivity contribution is -0.126. The normalized spacial score (nSPS) is 31.4. The molecule has 2 heterocycles. The van der Waals surface area contributed by atoms with E-state index in [0.29, 0.717) is 32.9 Å². The zero-order valence-corrected chi connectivity index (χ0v) is 9.27. The fraction of sp³-hybridized carbons (Fsp3) is 0.800. The minimum Gasteiger partial charge on any atom is -0.376 e. The molecule has 0 radical (unpaired) electrons. The Morgan fingerprint density at radius 1 is 1.44 bits per heavy atom. The van der Waals surface area contributed by atoms with Gasteiger partial charge in [-0.05, 0) is 0 Å². The van der Waals surface area contributed by atoms with Crippen molar-refractivity contribution in [2.24, 2.45) is 5.92 Å². The average molecular weight is 228 g/mol. The molecule has 2 atom stereocenters. The highest BCUT2D eigenvalue weighted by Gasteiger charge is 2.31. The van der Waals surface area contributed by atoms with E-state index in [-0.39, 0.29) is 24.0 Å². The maximum Gasteiger partial charge on any atom is 0.324 e. The van der Waals surface area contributed by atoms with Crippen LogP contribution in [0.4, 0.5) is 4.79 Å². The Morgan fingerprint density at radius 3 is 2.94 bits per heavy atom. The van der Waals surface area contributed by atoms with Gasteiger partial charge in [0.1, 0.15) is 0 Å². The predicted octanol–water partition coefficient (Wildman–Crippen LogP) is -0.410. The molecule has 0 aromatic heterocycles. The van der Waals surface area contributed by atoms with Crippen molar-refractivity contribution in [3.63, 3.8) is 0 Å². The molecule has 0 bridgehead atoms. The van der Waals surface area contributed by atoms with Gasteiger partial charge in [0.2, 0.25) is 5.91 Å². The molecule has 2 aliphatic heterocycles. The molecule has 2 rings (SSSR count). The molecule has 2 saturated heterocycles. The number of carbonyl (C=O) groups is 2. The summed E-state index contributed by atoms with van der Waals surface area (Å²) in [5.74, 6) is -0.371. The molecule has 0 aromatic rings. The number of imide groups is 1. The van der Waals surface area contributed by atoms with E-state index in [2.05, 4.69) is 5.32 Å². The molecule has 0 spiro atoms. The first-order chi connectivity index (χ1) is 7.66. The van der Waals surface area contributed by atoms with Crippen molar-refractivity contribution in [2.45, 2.75) is 13.0 Å². The summed E-state index contributed by atoms with van der Waals surface area (Å²) in [6.45, 7) is 4.40. The van der Waals surface area contributed by atoms with Crippen LogP contribution in [0.15, 0.2) is 0 Å². The molecular formula is C10H16N2O4. The van der Waals surface area contributed by atoms with Crippen molar-refractivity contribution in [1.82, 2.24) is 10.2 Å². The molecule has 2 aliphatic rings. The van der Waals surface area contributed by atoms with E-state index in [1.165, 1.54) is 0 Å². The summed E-state index contributed by atoms with van der Waals surface area (Å²) in [7, 11) is 0. The average Bonchev–Trinajstić information content (AvgIpc) is 2.27. The van der Waals surface area contributed by atoms with Crippen molar-refractivity contribution < 1.29 is 19.1 Å². The highest BCUT2D eigenvalue weighted by molar-refractivity contribution is 5.97. The van der Waals surface area contributed by atoms with Gasteiger partial charge in [-0.1, -0.05) is 6.92 Å². The lowest BCUT2D eigenvalue weighted by Gasteiger charge is -2.34. The summed E-state index contributed by atoms with van der Waals surface area (Å²) in [6, 6.07) is -0.336. The lowest BCUT2D eigenvalue weighted by atomic mass is 10.1. The van der Waals surface area contributed by atoms with E-state index in [4.69, 9.17) is 9.47 Å². The minimum absolute atomic E-state index is 0.0834. The zero-order chi connectivity index (χ0) is 11.5. The van der Waals surface area contributed by atoms with Crippen LogP contribution in [0.25, 0.3) is 0 Å². The van der Waals surface area contributed by atoms with Crippen molar-refractivity contribution in [1.29, 1.82) is 0 Å². The minimum atomic E-state index is -0.336. The third kappa shape index (κ3) is 2.51. The van der Waals surface area contributed by atoms with Gasteiger partial charge in [-0.15, -0.1) is 0 Å². The number of carbonyl (C=O) groups excluding carboxylic acids is 2. The number of amides is 3. The third-order valence-corrected chi connectivity index (χ3v) is 2.77. The van der Waals surface area contributed by atoms with Gasteiger partial charge in [0.25, 0.3) is 0 Å². The van der Waals surface area contributed by atoms with Crippen molar-refractivity contribution >= 4 is 11.9 Å². The Morgan fingerprint density at radius 2 is 2.25 bits per heavy atom. The van der Waals surface area contributed by atoms with E-state index in [9.17, 15) is 9.59 Å². The molecule has 0 aromatic carbocycles. The van der Waals surface area contributed by atoms with Crippen LogP contribution >= 0.6 is 0 Å². The van der Waals surface area contributed by atoms with Crippen LogP contribution < -0.4 is 5.32 Å². The fourth-order valence-electron chi connectivity index (χ4n) is 1.85. The van der Waals surface area contributed by atoms with Crippen LogP contribution in [0.1, 0.15) is 6.92 Å². The molecular weight excluding hydrogens is 212 g/mol. The quantitative estimate of drug-likeness (QED) is 0.697. The van der Waals surface area contributed by atoms with Gasteiger partial charge in [-0.2, -0.15) is 0 Å². The number of hydrogen-bond acceptors (Lipinski definition) is 4. The van der Waals surface area contributed by atoms with Crippen LogP contribution in [0.2, 0.25) is 0 Å². The van der Waals surface area contributed by atoms with E-state index in [1.54, 1.807) is 11.8 Å². The molecule has 16 heavy (non-hydrogen) atoms. The molecule has 6 heteroatoms. The first-order valence-electron chi connectivity index (χ1n) is 5.46. The van der Waals surface area contributed by atoms with E-state index >= 15 is 0 Å². The second-order valence-corrected chi connectivity index (χ2v) is 4.17. The second kappa shape index (κ2) is 4.80. The van der Waals surface area contributed by atoms with Gasteiger partial charge in [0.15, 0.2) is 0 Å². The Labute approximate surface area is 93.9 Å². The van der Waals surface area contributed by atoms with Gasteiger partial charge >= 0.3 is 6.03 Å². The Balaban J connectivity index is 1.88. The van der Waals surface area contributed by atoms with Gasteiger partial charge in [0.05, 0.1) is 38.4 Å². The number of urea groups is 1. The fourth-order valence-corrected chi connectivity index (χ4v) is 1.85. The van der Waals surface area contributed by atoms with Gasteiger partial charge < -0.3 is 14.4 Å². The monoisotopic (exact) mass is 228 g/mol. The number of rotatable bonds is 2. The maximum atomic E-state index is 11.5. The highest BCUT2D eigenvalue weighted by Crippen LogP contribution is 2.10. The topological polar surface area (TPSA) is 67.9 Å². The van der Waals surface area contributed by atoms with Gasteiger partial charge in [-0.25, -0.2) is 4.79 Å². The van der Waals surface area contributed by atoms with Gasteiger partial charge in [0, 0.05) is 6.54 Å². The van der Waals surface area contributed by atoms with E-state index < -0.39 is 0 Å². The van der Waals surface area contributed by atoms with Crippen LogP contribution in [-0.4, -0.2) is 55.9 Å². The second-order valence-electron chi connectivity index (χ2n) is 4.17. The molecule has 2 unspecified atom stereocenters. The SMILES string of the molecule is CC1CN(CC2COCCO2)C(=O)NC1=O. The maximum absolute atomic E-state index is 11.5. The molecule has 90 valence electrons. The molecule has 6 nitrogen and oxygen atoms in total. The number of nitrogens with one attached hydrogen (secondary N) is 1. The van der Waals surface area contributed by atoms with Crippen LogP contribution in [-0.2, 0) is 14.3 Å². The Hall–Kier alpha value is -1.14. The predicted molar refractivity (Wildman–Crippen MR) is 54.8 cm³/mol. The molecule has 0 saturated carbocycles. The van der Waals surface area contributed by atoms with Crippen molar-refractivity contribution in [3.05, 3.63) is 0 Å². The Kier molecular flexibility index (Phi) is 3.40. The summed E-state index contributed by atoms with van der Waals surface area (Å²) in [5, 5.41) is 2.32. The van der Waals surface area contributed by atoms with Gasteiger partial charge in [-0.3, -0.25) is 10.1 Å². The molecule has 2 fully saturated rings. The summed E-state index contributed by atoms with van der Waals surface area (Å²) in [5.41, 5.74) is 0. The zero-order valence-electron chi connectivity index (χ0n) is 9.27. The number of ether oxygens (including phenoxy) is 2. The molecule has 0 aliphatic carbocycles.